The molecule has 174 valence electrons. The van der Waals surface area contributed by atoms with Gasteiger partial charge < -0.3 is 14.8 Å². The molecule has 0 fully saturated rings. The van der Waals surface area contributed by atoms with Crippen molar-refractivity contribution in [3.63, 3.8) is 0 Å². The van der Waals surface area contributed by atoms with E-state index >= 15 is 0 Å². The second-order valence-corrected chi connectivity index (χ2v) is 8.05. The minimum atomic E-state index is -0.548. The van der Waals surface area contributed by atoms with E-state index in [4.69, 9.17) is 9.47 Å². The lowest BCUT2D eigenvalue weighted by molar-refractivity contribution is -0.137. The minimum absolute atomic E-state index is 0.0971. The van der Waals surface area contributed by atoms with E-state index in [0.29, 0.717) is 22.7 Å². The zero-order valence-corrected chi connectivity index (χ0v) is 19.4. The first-order valence-electron chi connectivity index (χ1n) is 10.7. The Balaban J connectivity index is 1.83. The van der Waals surface area contributed by atoms with Gasteiger partial charge >= 0.3 is 0 Å². The molecule has 0 radical (unpaired) electrons. The number of hydrogen-bond donors (Lipinski definition) is 1. The number of amides is 2. The molecule has 1 aliphatic heterocycles. The first-order chi connectivity index (χ1) is 16.3. The molecule has 0 unspecified atom stereocenters. The van der Waals surface area contributed by atoms with Gasteiger partial charge in [-0.1, -0.05) is 42.0 Å². The normalized spacial score (nSPS) is 13.5. The van der Waals surface area contributed by atoms with Crippen molar-refractivity contribution >= 4 is 23.1 Å². The smallest absolute Gasteiger partial charge is 0.278 e. The maximum atomic E-state index is 14.3. The van der Waals surface area contributed by atoms with Crippen LogP contribution in [0.5, 0.6) is 11.5 Å². The van der Waals surface area contributed by atoms with Gasteiger partial charge in [0, 0.05) is 11.6 Å². The van der Waals surface area contributed by atoms with E-state index in [0.717, 1.165) is 16.0 Å². The number of halogens is 1. The van der Waals surface area contributed by atoms with Crippen molar-refractivity contribution in [3.8, 4) is 11.5 Å². The van der Waals surface area contributed by atoms with Crippen molar-refractivity contribution in [3.05, 3.63) is 94.4 Å². The molecule has 1 N–H and O–H groups in total. The summed E-state index contributed by atoms with van der Waals surface area (Å²) in [7, 11) is 3.05. The number of carbonyl (C=O) groups is 2. The van der Waals surface area contributed by atoms with Crippen LogP contribution in [0, 0.1) is 19.7 Å². The van der Waals surface area contributed by atoms with Crippen LogP contribution in [0.25, 0.3) is 5.57 Å². The number of carbonyl (C=O) groups excluding carboxylic acids is 2. The summed E-state index contributed by atoms with van der Waals surface area (Å²) < 4.78 is 25.1. The van der Waals surface area contributed by atoms with Gasteiger partial charge in [0.1, 0.15) is 23.0 Å². The first-order valence-corrected chi connectivity index (χ1v) is 10.7. The van der Waals surface area contributed by atoms with Crippen molar-refractivity contribution in [1.29, 1.82) is 0 Å². The average Bonchev–Trinajstić information content (AvgIpc) is 3.04. The van der Waals surface area contributed by atoms with Crippen LogP contribution in [0.2, 0.25) is 0 Å². The van der Waals surface area contributed by atoms with E-state index in [2.05, 4.69) is 5.32 Å². The summed E-state index contributed by atoms with van der Waals surface area (Å²) in [6, 6.07) is 16.9. The zero-order chi connectivity index (χ0) is 24.4. The van der Waals surface area contributed by atoms with Crippen LogP contribution < -0.4 is 14.8 Å². The number of methoxy groups -OCH3 is 2. The average molecular weight is 461 g/mol. The number of anilines is 1. The van der Waals surface area contributed by atoms with E-state index in [1.54, 1.807) is 36.4 Å². The maximum absolute atomic E-state index is 14.3. The van der Waals surface area contributed by atoms with Gasteiger partial charge in [-0.15, -0.1) is 0 Å². The summed E-state index contributed by atoms with van der Waals surface area (Å²) >= 11 is 0. The van der Waals surface area contributed by atoms with Gasteiger partial charge in [0.15, 0.2) is 0 Å². The molecule has 3 aromatic rings. The molecule has 1 heterocycles. The molecule has 0 atom stereocenters. The first kappa shape index (κ1) is 23.0. The number of benzene rings is 3. The van der Waals surface area contributed by atoms with E-state index in [1.165, 1.54) is 20.3 Å². The molecule has 1 aliphatic rings. The highest BCUT2D eigenvalue weighted by atomic mass is 19.1. The second-order valence-electron chi connectivity index (χ2n) is 8.05. The lowest BCUT2D eigenvalue weighted by Crippen LogP contribution is -2.32. The van der Waals surface area contributed by atoms with Crippen molar-refractivity contribution < 1.29 is 23.5 Å². The van der Waals surface area contributed by atoms with Gasteiger partial charge in [-0.25, -0.2) is 4.39 Å². The number of hydrogen-bond acceptors (Lipinski definition) is 5. The molecule has 34 heavy (non-hydrogen) atoms. The molecule has 0 spiro atoms. The molecule has 0 saturated heterocycles. The Morgan fingerprint density at radius 3 is 2.35 bits per heavy atom. The van der Waals surface area contributed by atoms with Gasteiger partial charge in [0.05, 0.1) is 32.0 Å². The summed E-state index contributed by atoms with van der Waals surface area (Å²) in [6.07, 6.45) is 0. The Hall–Kier alpha value is -4.13. The predicted molar refractivity (Wildman–Crippen MR) is 128 cm³/mol. The van der Waals surface area contributed by atoms with Gasteiger partial charge in [-0.2, -0.15) is 0 Å². The van der Waals surface area contributed by atoms with Gasteiger partial charge in [-0.3, -0.25) is 14.5 Å². The molecule has 0 aliphatic carbocycles. The van der Waals surface area contributed by atoms with Crippen molar-refractivity contribution in [2.24, 2.45) is 0 Å². The summed E-state index contributed by atoms with van der Waals surface area (Å²) in [5.41, 5.74) is 3.55. The third kappa shape index (κ3) is 4.24. The quantitative estimate of drug-likeness (QED) is 0.511. The highest BCUT2D eigenvalue weighted by molar-refractivity contribution is 6.36. The Bertz CT molecular complexity index is 1320. The minimum Gasteiger partial charge on any atom is -0.497 e. The lowest BCUT2D eigenvalue weighted by atomic mass is 9.97. The highest BCUT2D eigenvalue weighted by Crippen LogP contribution is 2.36. The van der Waals surface area contributed by atoms with E-state index in [1.807, 2.05) is 32.0 Å². The Morgan fingerprint density at radius 1 is 0.912 bits per heavy atom. The summed E-state index contributed by atoms with van der Waals surface area (Å²) in [5.74, 6) is -0.497. The molecular weight excluding hydrogens is 435 g/mol. The zero-order valence-electron chi connectivity index (χ0n) is 19.4. The topological polar surface area (TPSA) is 67.9 Å². The SMILES string of the molecule is COc1ccc(OC)c(NC2=C(c3ccc(C)cc3C)C(=O)N(Cc3ccccc3F)C2=O)c1. The van der Waals surface area contributed by atoms with Crippen LogP contribution >= 0.6 is 0 Å². The van der Waals surface area contributed by atoms with Crippen molar-refractivity contribution in [2.75, 3.05) is 19.5 Å². The Kier molecular flexibility index (Phi) is 6.36. The summed E-state index contributed by atoms with van der Waals surface area (Å²) in [4.78, 5) is 28.2. The number of imide groups is 1. The van der Waals surface area contributed by atoms with Crippen LogP contribution in [0.15, 0.2) is 66.4 Å². The molecular formula is C27H25FN2O4. The second kappa shape index (κ2) is 9.39. The molecule has 6 nitrogen and oxygen atoms in total. The third-order valence-corrected chi connectivity index (χ3v) is 5.77. The largest absolute Gasteiger partial charge is 0.497 e. The monoisotopic (exact) mass is 460 g/mol. The fourth-order valence-corrected chi connectivity index (χ4v) is 4.02. The molecule has 3 aromatic carbocycles. The maximum Gasteiger partial charge on any atom is 0.278 e. The molecule has 0 aromatic heterocycles. The number of rotatable bonds is 7. The fraction of sp³-hybridized carbons (Fsp3) is 0.185. The van der Waals surface area contributed by atoms with E-state index < -0.39 is 17.6 Å². The highest BCUT2D eigenvalue weighted by Gasteiger charge is 2.40. The Morgan fingerprint density at radius 2 is 1.68 bits per heavy atom. The molecule has 0 saturated carbocycles. The third-order valence-electron chi connectivity index (χ3n) is 5.77. The van der Waals surface area contributed by atoms with Crippen LogP contribution in [0.3, 0.4) is 0 Å². The molecule has 7 heteroatoms. The van der Waals surface area contributed by atoms with Crippen molar-refractivity contribution in [2.45, 2.75) is 20.4 Å². The molecule has 2 amide bonds. The summed E-state index contributed by atoms with van der Waals surface area (Å²) in [6.45, 7) is 3.66. The van der Waals surface area contributed by atoms with E-state index in [9.17, 15) is 14.0 Å². The van der Waals surface area contributed by atoms with Gasteiger partial charge in [0.25, 0.3) is 11.8 Å². The molecule has 0 bridgehead atoms. The molecule has 4 rings (SSSR count). The predicted octanol–water partition coefficient (Wildman–Crippen LogP) is 4.85. The van der Waals surface area contributed by atoms with Crippen LogP contribution in [-0.4, -0.2) is 30.9 Å². The standard InChI is InChI=1S/C27H25FN2O4/c1-16-9-11-20(17(2)13-16)24-25(29-22-14-19(33-3)10-12-23(22)34-4)27(32)30(26(24)31)15-18-7-5-6-8-21(18)28/h5-14,29H,15H2,1-4H3. The Labute approximate surface area is 197 Å². The van der Waals surface area contributed by atoms with Gasteiger partial charge in [-0.05, 0) is 43.2 Å². The van der Waals surface area contributed by atoms with Crippen LogP contribution in [-0.2, 0) is 16.1 Å². The van der Waals surface area contributed by atoms with E-state index in [-0.39, 0.29) is 23.4 Å². The van der Waals surface area contributed by atoms with Crippen LogP contribution in [0.1, 0.15) is 22.3 Å². The number of aryl methyl sites for hydroxylation is 2. The van der Waals surface area contributed by atoms with Crippen LogP contribution in [0.4, 0.5) is 10.1 Å². The van der Waals surface area contributed by atoms with Gasteiger partial charge in [0.2, 0.25) is 0 Å². The summed E-state index contributed by atoms with van der Waals surface area (Å²) in [5, 5.41) is 3.10. The number of nitrogens with zero attached hydrogens (tertiary/aromatic N) is 1. The fourth-order valence-electron chi connectivity index (χ4n) is 4.02. The number of ether oxygens (including phenoxy) is 2. The van der Waals surface area contributed by atoms with Crippen molar-refractivity contribution in [1.82, 2.24) is 4.90 Å². The number of nitrogens with one attached hydrogen (secondary N) is 1. The lowest BCUT2D eigenvalue weighted by Gasteiger charge is -2.16.